The predicted octanol–water partition coefficient (Wildman–Crippen LogP) is 3.99. The largest absolute Gasteiger partial charge is 0.465 e. The second-order valence-corrected chi connectivity index (χ2v) is 5.64. The molecule has 2 N–H and O–H groups in total. The van der Waals surface area contributed by atoms with Gasteiger partial charge in [-0.2, -0.15) is 13.2 Å². The maximum absolute atomic E-state index is 12.8. The Labute approximate surface area is 145 Å². The number of nitrogens with zero attached hydrogens (tertiary/aromatic N) is 1. The Kier molecular flexibility index (Phi) is 5.32. The van der Waals surface area contributed by atoms with Gasteiger partial charge in [-0.3, -0.25) is 15.1 Å². The van der Waals surface area contributed by atoms with Crippen molar-refractivity contribution >= 4 is 23.6 Å². The van der Waals surface area contributed by atoms with Crippen molar-refractivity contribution in [2.45, 2.75) is 19.0 Å². The second-order valence-electron chi connectivity index (χ2n) is 5.23. The van der Waals surface area contributed by atoms with Crippen molar-refractivity contribution in [3.8, 4) is 0 Å². The Balaban J connectivity index is 2.56. The van der Waals surface area contributed by atoms with Gasteiger partial charge in [-0.25, -0.2) is 4.79 Å². The number of rotatable bonds is 3. The van der Waals surface area contributed by atoms with E-state index in [9.17, 15) is 22.8 Å². The number of imide groups is 1. The average molecular weight is 373 g/mol. The van der Waals surface area contributed by atoms with E-state index >= 15 is 0 Å². The number of hydrogen-bond donors (Lipinski definition) is 2. The molecule has 0 aliphatic rings. The van der Waals surface area contributed by atoms with Crippen LogP contribution in [0.25, 0.3) is 0 Å². The van der Waals surface area contributed by atoms with Gasteiger partial charge in [0.2, 0.25) is 5.91 Å². The Morgan fingerprint density at radius 3 is 2.48 bits per heavy atom. The molecule has 1 unspecified atom stereocenters. The third kappa shape index (κ3) is 4.48. The first-order valence-electron chi connectivity index (χ1n) is 6.92. The number of aryl methyl sites for hydroxylation is 1. The van der Waals surface area contributed by atoms with Gasteiger partial charge < -0.3 is 5.11 Å². The summed E-state index contributed by atoms with van der Waals surface area (Å²) in [4.78, 5) is 26.7. The van der Waals surface area contributed by atoms with Crippen molar-refractivity contribution in [3.63, 3.8) is 0 Å². The lowest BCUT2D eigenvalue weighted by Crippen LogP contribution is -2.34. The van der Waals surface area contributed by atoms with Gasteiger partial charge in [0.05, 0.1) is 16.3 Å². The molecule has 1 heterocycles. The van der Waals surface area contributed by atoms with Crippen LogP contribution in [0.15, 0.2) is 36.5 Å². The van der Waals surface area contributed by atoms with Crippen LogP contribution in [0.1, 0.15) is 28.3 Å². The van der Waals surface area contributed by atoms with Crippen LogP contribution in [0.2, 0.25) is 5.02 Å². The van der Waals surface area contributed by atoms with Crippen molar-refractivity contribution in [1.82, 2.24) is 10.3 Å². The molecule has 1 atom stereocenters. The Bertz CT molecular complexity index is 825. The number of halogens is 4. The molecular formula is C16H12ClF3N2O3. The number of benzene rings is 1. The lowest BCUT2D eigenvalue weighted by atomic mass is 9.92. The zero-order valence-corrected chi connectivity index (χ0v) is 13.5. The van der Waals surface area contributed by atoms with Crippen LogP contribution in [0.4, 0.5) is 18.0 Å². The quantitative estimate of drug-likeness (QED) is 0.853. The Morgan fingerprint density at radius 1 is 1.28 bits per heavy atom. The zero-order chi connectivity index (χ0) is 18.8. The van der Waals surface area contributed by atoms with E-state index in [1.807, 2.05) is 0 Å². The molecule has 2 rings (SSSR count). The molecule has 1 aromatic heterocycles. The van der Waals surface area contributed by atoms with Crippen LogP contribution in [0, 0.1) is 6.92 Å². The molecule has 0 spiro atoms. The third-order valence-electron chi connectivity index (χ3n) is 3.34. The molecule has 5 nitrogen and oxygen atoms in total. The minimum absolute atomic E-state index is 0.168. The number of carbonyl (C=O) groups excluding carboxylic acids is 1. The van der Waals surface area contributed by atoms with Gasteiger partial charge in [0.25, 0.3) is 0 Å². The first-order valence-corrected chi connectivity index (χ1v) is 7.30. The van der Waals surface area contributed by atoms with E-state index in [1.165, 1.54) is 6.07 Å². The first-order chi connectivity index (χ1) is 11.6. The molecule has 0 radical (unpaired) electrons. The number of alkyl halides is 3. The summed E-state index contributed by atoms with van der Waals surface area (Å²) in [6, 6.07) is 7.17. The van der Waals surface area contributed by atoms with Gasteiger partial charge in [0.1, 0.15) is 5.92 Å². The molecule has 25 heavy (non-hydrogen) atoms. The Morgan fingerprint density at radius 2 is 1.96 bits per heavy atom. The summed E-state index contributed by atoms with van der Waals surface area (Å²) in [5.41, 5.74) is -0.108. The molecule has 2 amide bonds. The number of amides is 2. The summed E-state index contributed by atoms with van der Waals surface area (Å²) in [7, 11) is 0. The minimum Gasteiger partial charge on any atom is -0.465 e. The molecule has 0 aliphatic heterocycles. The normalized spacial score (nSPS) is 12.5. The highest BCUT2D eigenvalue weighted by molar-refractivity contribution is 6.31. The number of carbonyl (C=O) groups is 2. The highest BCUT2D eigenvalue weighted by Crippen LogP contribution is 2.35. The average Bonchev–Trinajstić information content (AvgIpc) is 2.47. The number of carboxylic acid groups (broad SMARTS) is 1. The number of aromatic nitrogens is 1. The number of nitrogens with one attached hydrogen (secondary N) is 1. The summed E-state index contributed by atoms with van der Waals surface area (Å²) in [6.07, 6.45) is -5.68. The van der Waals surface area contributed by atoms with Crippen LogP contribution in [0.5, 0.6) is 0 Å². The molecule has 132 valence electrons. The lowest BCUT2D eigenvalue weighted by Gasteiger charge is -2.18. The summed E-state index contributed by atoms with van der Waals surface area (Å²) >= 11 is 5.91. The van der Waals surface area contributed by atoms with Crippen LogP contribution in [-0.4, -0.2) is 22.1 Å². The van der Waals surface area contributed by atoms with Crippen molar-refractivity contribution in [1.29, 1.82) is 0 Å². The van der Waals surface area contributed by atoms with Crippen LogP contribution >= 0.6 is 11.6 Å². The summed E-state index contributed by atoms with van der Waals surface area (Å²) < 4.78 is 38.3. The smallest absolute Gasteiger partial charge is 0.417 e. The molecule has 0 saturated heterocycles. The van der Waals surface area contributed by atoms with Gasteiger partial charge in [0, 0.05) is 6.20 Å². The molecule has 0 saturated carbocycles. The van der Waals surface area contributed by atoms with Gasteiger partial charge >= 0.3 is 12.3 Å². The SMILES string of the molecule is Cc1cccc(C(C(=O)NC(=O)O)c2ncc(C(F)(F)F)cc2Cl)c1. The fourth-order valence-corrected chi connectivity index (χ4v) is 2.55. The van der Waals surface area contributed by atoms with Gasteiger partial charge in [-0.15, -0.1) is 0 Å². The van der Waals surface area contributed by atoms with E-state index in [2.05, 4.69) is 4.98 Å². The summed E-state index contributed by atoms with van der Waals surface area (Å²) in [5, 5.41) is 10.1. The van der Waals surface area contributed by atoms with E-state index in [0.717, 1.165) is 5.56 Å². The maximum Gasteiger partial charge on any atom is 0.417 e. The van der Waals surface area contributed by atoms with Crippen molar-refractivity contribution in [2.24, 2.45) is 0 Å². The fraction of sp³-hybridized carbons (Fsp3) is 0.188. The van der Waals surface area contributed by atoms with Crippen LogP contribution < -0.4 is 5.32 Å². The number of pyridine rings is 1. The fourth-order valence-electron chi connectivity index (χ4n) is 2.28. The topological polar surface area (TPSA) is 79.3 Å². The monoisotopic (exact) mass is 372 g/mol. The molecule has 1 aromatic carbocycles. The van der Waals surface area contributed by atoms with Crippen molar-refractivity contribution < 1.29 is 27.9 Å². The van der Waals surface area contributed by atoms with Crippen molar-refractivity contribution in [2.75, 3.05) is 0 Å². The van der Waals surface area contributed by atoms with Crippen molar-refractivity contribution in [3.05, 3.63) is 63.9 Å². The zero-order valence-electron chi connectivity index (χ0n) is 12.8. The number of hydrogen-bond acceptors (Lipinski definition) is 3. The van der Waals surface area contributed by atoms with E-state index in [-0.39, 0.29) is 10.7 Å². The molecule has 0 fully saturated rings. The molecule has 0 aliphatic carbocycles. The van der Waals surface area contributed by atoms with Gasteiger partial charge in [0.15, 0.2) is 0 Å². The summed E-state index contributed by atoms with van der Waals surface area (Å²) in [6.45, 7) is 1.75. The summed E-state index contributed by atoms with van der Waals surface area (Å²) in [5.74, 6) is -2.24. The highest BCUT2D eigenvalue weighted by Gasteiger charge is 2.34. The molecular weight excluding hydrogens is 361 g/mol. The molecule has 0 bridgehead atoms. The van der Waals surface area contributed by atoms with E-state index in [1.54, 1.807) is 30.4 Å². The van der Waals surface area contributed by atoms with E-state index in [4.69, 9.17) is 16.7 Å². The maximum atomic E-state index is 12.8. The highest BCUT2D eigenvalue weighted by atomic mass is 35.5. The lowest BCUT2D eigenvalue weighted by molar-refractivity contribution is -0.137. The van der Waals surface area contributed by atoms with E-state index in [0.29, 0.717) is 17.8 Å². The minimum atomic E-state index is -4.64. The van der Waals surface area contributed by atoms with Crippen LogP contribution in [0.3, 0.4) is 0 Å². The van der Waals surface area contributed by atoms with Crippen LogP contribution in [-0.2, 0) is 11.0 Å². The third-order valence-corrected chi connectivity index (χ3v) is 3.64. The first kappa shape index (κ1) is 18.7. The second kappa shape index (κ2) is 7.10. The van der Waals surface area contributed by atoms with Gasteiger partial charge in [-0.1, -0.05) is 41.4 Å². The van der Waals surface area contributed by atoms with E-state index < -0.39 is 29.7 Å². The predicted molar refractivity (Wildman–Crippen MR) is 83.4 cm³/mol. The standard InChI is InChI=1S/C16H12ClF3N2O3/c1-8-3-2-4-9(5-8)12(14(23)22-15(24)25)13-11(17)6-10(7-21-13)16(18,19)20/h2-7,12H,1H3,(H,22,23)(H,24,25). The van der Waals surface area contributed by atoms with Gasteiger partial charge in [-0.05, 0) is 18.6 Å². The Hall–Kier alpha value is -2.61. The molecule has 2 aromatic rings. The molecule has 9 heteroatoms.